The third-order valence-electron chi connectivity index (χ3n) is 1.17. The van der Waals surface area contributed by atoms with Crippen molar-refractivity contribution in [3.8, 4) is 0 Å². The van der Waals surface area contributed by atoms with E-state index in [0.717, 1.165) is 0 Å². The van der Waals surface area contributed by atoms with Gasteiger partial charge in [0.05, 0.1) is 5.38 Å². The van der Waals surface area contributed by atoms with Crippen LogP contribution in [0.2, 0.25) is 10.4 Å². The molecule has 0 aliphatic rings. The quantitative estimate of drug-likeness (QED) is 0.405. The molecular formula is C6H5Cl3N2. The van der Waals surface area contributed by atoms with Gasteiger partial charge < -0.3 is 0 Å². The maximum Gasteiger partial charge on any atom is 0.223 e. The number of rotatable bonds is 1. The van der Waals surface area contributed by atoms with Crippen LogP contribution in [0, 0.1) is 0 Å². The maximum absolute atomic E-state index is 5.75. The molecule has 5 heteroatoms. The van der Waals surface area contributed by atoms with Gasteiger partial charge in [-0.25, -0.2) is 9.97 Å². The van der Waals surface area contributed by atoms with Crippen LogP contribution in [0.3, 0.4) is 0 Å². The summed E-state index contributed by atoms with van der Waals surface area (Å²) in [5.41, 5.74) is 0.692. The van der Waals surface area contributed by atoms with E-state index in [1.807, 2.05) is 0 Å². The molecule has 0 aromatic carbocycles. The van der Waals surface area contributed by atoms with Gasteiger partial charge in [-0.15, -0.1) is 11.6 Å². The first-order valence-corrected chi connectivity index (χ1v) is 4.12. The molecule has 0 amide bonds. The average molecular weight is 211 g/mol. The minimum Gasteiger partial charge on any atom is -0.226 e. The molecule has 0 aliphatic heterocycles. The highest BCUT2D eigenvalue weighted by molar-refractivity contribution is 6.33. The predicted molar refractivity (Wildman–Crippen MR) is 46.3 cm³/mol. The molecule has 0 saturated heterocycles. The van der Waals surface area contributed by atoms with Crippen molar-refractivity contribution in [2.45, 2.75) is 12.3 Å². The molecule has 1 unspecified atom stereocenters. The number of hydrogen-bond acceptors (Lipinski definition) is 2. The van der Waals surface area contributed by atoms with E-state index in [0.29, 0.717) is 10.7 Å². The lowest BCUT2D eigenvalue weighted by molar-refractivity contribution is 1.01. The highest BCUT2D eigenvalue weighted by Crippen LogP contribution is 2.25. The molecule has 11 heavy (non-hydrogen) atoms. The van der Waals surface area contributed by atoms with E-state index in [1.165, 1.54) is 6.20 Å². The van der Waals surface area contributed by atoms with Crippen LogP contribution in [0.25, 0.3) is 0 Å². The van der Waals surface area contributed by atoms with E-state index in [-0.39, 0.29) is 10.7 Å². The smallest absolute Gasteiger partial charge is 0.223 e. The highest BCUT2D eigenvalue weighted by Gasteiger charge is 2.08. The van der Waals surface area contributed by atoms with Crippen LogP contribution in [0.1, 0.15) is 17.9 Å². The summed E-state index contributed by atoms with van der Waals surface area (Å²) in [6, 6.07) is 0. The van der Waals surface area contributed by atoms with Gasteiger partial charge >= 0.3 is 0 Å². The normalized spacial score (nSPS) is 13.1. The van der Waals surface area contributed by atoms with Crippen molar-refractivity contribution in [2.75, 3.05) is 0 Å². The van der Waals surface area contributed by atoms with Gasteiger partial charge in [-0.1, -0.05) is 11.6 Å². The molecule has 1 heterocycles. The molecule has 1 atom stereocenters. The molecule has 0 N–H and O–H groups in total. The Morgan fingerprint density at radius 2 is 2.09 bits per heavy atom. The Bertz CT molecular complexity index is 262. The van der Waals surface area contributed by atoms with Gasteiger partial charge in [0.25, 0.3) is 0 Å². The lowest BCUT2D eigenvalue weighted by atomic mass is 10.3. The highest BCUT2D eigenvalue weighted by atomic mass is 35.5. The van der Waals surface area contributed by atoms with Crippen molar-refractivity contribution in [3.63, 3.8) is 0 Å². The van der Waals surface area contributed by atoms with Gasteiger partial charge in [-0.3, -0.25) is 0 Å². The van der Waals surface area contributed by atoms with Crippen LogP contribution < -0.4 is 0 Å². The van der Waals surface area contributed by atoms with E-state index in [2.05, 4.69) is 9.97 Å². The predicted octanol–water partition coefficient (Wildman–Crippen LogP) is 3.08. The minimum absolute atomic E-state index is 0.135. The maximum atomic E-state index is 5.75. The summed E-state index contributed by atoms with van der Waals surface area (Å²) in [7, 11) is 0. The Kier molecular flexibility index (Phi) is 2.93. The van der Waals surface area contributed by atoms with Crippen molar-refractivity contribution in [1.82, 2.24) is 9.97 Å². The largest absolute Gasteiger partial charge is 0.226 e. The first-order chi connectivity index (χ1) is 5.11. The standard InChI is InChI=1S/C6H5Cl3N2/c1-3(7)4-2-10-6(9)11-5(4)8/h2-3H,1H3. The topological polar surface area (TPSA) is 25.8 Å². The van der Waals surface area contributed by atoms with Gasteiger partial charge in [0.15, 0.2) is 0 Å². The molecular weight excluding hydrogens is 206 g/mol. The summed E-state index contributed by atoms with van der Waals surface area (Å²) < 4.78 is 0. The molecule has 0 saturated carbocycles. The van der Waals surface area contributed by atoms with E-state index in [4.69, 9.17) is 34.8 Å². The zero-order valence-electron chi connectivity index (χ0n) is 5.68. The van der Waals surface area contributed by atoms with Gasteiger partial charge in [0.1, 0.15) is 5.15 Å². The van der Waals surface area contributed by atoms with Crippen LogP contribution in [-0.4, -0.2) is 9.97 Å². The summed E-state index contributed by atoms with van der Waals surface area (Å²) in [6.07, 6.45) is 1.52. The first-order valence-electron chi connectivity index (χ1n) is 2.93. The van der Waals surface area contributed by atoms with Crippen LogP contribution in [-0.2, 0) is 0 Å². The summed E-state index contributed by atoms with van der Waals surface area (Å²) >= 11 is 16.9. The van der Waals surface area contributed by atoms with Crippen LogP contribution in [0.15, 0.2) is 6.20 Å². The summed E-state index contributed by atoms with van der Waals surface area (Å²) in [6.45, 7) is 1.79. The number of aromatic nitrogens is 2. The van der Waals surface area contributed by atoms with Crippen molar-refractivity contribution < 1.29 is 0 Å². The fourth-order valence-corrected chi connectivity index (χ4v) is 1.30. The van der Waals surface area contributed by atoms with Gasteiger partial charge in [-0.05, 0) is 18.5 Å². The second-order valence-corrected chi connectivity index (χ2v) is 3.35. The third kappa shape index (κ3) is 2.19. The molecule has 1 aromatic rings. The molecule has 0 spiro atoms. The fourth-order valence-electron chi connectivity index (χ4n) is 0.617. The summed E-state index contributed by atoms with van der Waals surface area (Å²) in [5.74, 6) is 0. The van der Waals surface area contributed by atoms with Gasteiger partial charge in [-0.2, -0.15) is 0 Å². The van der Waals surface area contributed by atoms with E-state index in [1.54, 1.807) is 6.92 Å². The monoisotopic (exact) mass is 210 g/mol. The Morgan fingerprint density at radius 1 is 1.45 bits per heavy atom. The van der Waals surface area contributed by atoms with Gasteiger partial charge in [0.2, 0.25) is 5.28 Å². The number of nitrogens with zero attached hydrogens (tertiary/aromatic N) is 2. The second kappa shape index (κ2) is 3.57. The minimum atomic E-state index is -0.195. The van der Waals surface area contributed by atoms with Crippen molar-refractivity contribution in [2.24, 2.45) is 0 Å². The molecule has 60 valence electrons. The van der Waals surface area contributed by atoms with E-state index >= 15 is 0 Å². The average Bonchev–Trinajstić information content (AvgIpc) is 1.85. The number of alkyl halides is 1. The fraction of sp³-hybridized carbons (Fsp3) is 0.333. The number of halogens is 3. The third-order valence-corrected chi connectivity index (χ3v) is 1.89. The Labute approximate surface area is 79.5 Å². The summed E-state index contributed by atoms with van der Waals surface area (Å²) in [4.78, 5) is 7.48. The SMILES string of the molecule is CC(Cl)c1cnc(Cl)nc1Cl. The molecule has 0 aliphatic carbocycles. The molecule has 0 bridgehead atoms. The van der Waals surface area contributed by atoms with Crippen LogP contribution >= 0.6 is 34.8 Å². The van der Waals surface area contributed by atoms with Crippen LogP contribution in [0.5, 0.6) is 0 Å². The zero-order valence-corrected chi connectivity index (χ0v) is 7.95. The molecule has 0 fully saturated rings. The molecule has 1 rings (SSSR count). The van der Waals surface area contributed by atoms with E-state index in [9.17, 15) is 0 Å². The van der Waals surface area contributed by atoms with E-state index < -0.39 is 0 Å². The number of hydrogen-bond donors (Lipinski definition) is 0. The Balaban J connectivity index is 3.09. The lowest BCUT2D eigenvalue weighted by Crippen LogP contribution is -1.91. The summed E-state index contributed by atoms with van der Waals surface area (Å²) in [5, 5.41) is 0.253. The van der Waals surface area contributed by atoms with Crippen molar-refractivity contribution in [3.05, 3.63) is 22.2 Å². The van der Waals surface area contributed by atoms with Crippen LogP contribution in [0.4, 0.5) is 0 Å². The Hall–Kier alpha value is -0.0500. The zero-order chi connectivity index (χ0) is 8.43. The van der Waals surface area contributed by atoms with Gasteiger partial charge in [0, 0.05) is 11.8 Å². The van der Waals surface area contributed by atoms with Crippen molar-refractivity contribution >= 4 is 34.8 Å². The Morgan fingerprint density at radius 3 is 2.55 bits per heavy atom. The van der Waals surface area contributed by atoms with Crippen molar-refractivity contribution in [1.29, 1.82) is 0 Å². The molecule has 0 radical (unpaired) electrons. The first kappa shape index (κ1) is 9.04. The lowest BCUT2D eigenvalue weighted by Gasteiger charge is -2.03. The second-order valence-electron chi connectivity index (χ2n) is 2.00. The molecule has 2 nitrogen and oxygen atoms in total. The molecule has 1 aromatic heterocycles.